The van der Waals surface area contributed by atoms with Gasteiger partial charge in [0, 0.05) is 17.1 Å². The van der Waals surface area contributed by atoms with Crippen LogP contribution in [0.25, 0.3) is 0 Å². The summed E-state index contributed by atoms with van der Waals surface area (Å²) in [4.78, 5) is 14.7. The van der Waals surface area contributed by atoms with E-state index in [2.05, 4.69) is 6.58 Å². The molecule has 1 amide bonds. The average Bonchev–Trinajstić information content (AvgIpc) is 2.22. The molecule has 0 saturated carbocycles. The lowest BCUT2D eigenvalue weighted by Gasteiger charge is -2.29. The highest BCUT2D eigenvalue weighted by atomic mass is 32.2. The van der Waals surface area contributed by atoms with Crippen molar-refractivity contribution in [3.05, 3.63) is 30.4 Å². The van der Waals surface area contributed by atoms with Crippen molar-refractivity contribution in [1.82, 2.24) is 0 Å². The van der Waals surface area contributed by atoms with Crippen LogP contribution in [0.1, 0.15) is 6.92 Å². The van der Waals surface area contributed by atoms with Crippen molar-refractivity contribution >= 4 is 29.0 Å². The number of fused-ring (bicyclic) bond motifs is 1. The highest BCUT2D eigenvalue weighted by molar-refractivity contribution is 8.00. The smallest absolute Gasteiger partial charge is 0.237 e. The third-order valence-corrected chi connectivity index (χ3v) is 3.40. The molecule has 2 rings (SSSR count). The first-order valence-corrected chi connectivity index (χ1v) is 6.03. The van der Waals surface area contributed by atoms with E-state index in [0.29, 0.717) is 18.0 Å². The van der Waals surface area contributed by atoms with Crippen LogP contribution in [-0.2, 0) is 4.79 Å². The van der Waals surface area contributed by atoms with E-state index in [-0.39, 0.29) is 5.91 Å². The van der Waals surface area contributed by atoms with Gasteiger partial charge in [0.15, 0.2) is 0 Å². The first-order valence-electron chi connectivity index (χ1n) is 5.05. The number of hydrogen-bond acceptors (Lipinski definition) is 3. The highest BCUT2D eigenvalue weighted by Crippen LogP contribution is 2.36. The number of thioether (sulfide) groups is 1. The number of carbonyl (C=O) groups is 1. The fourth-order valence-corrected chi connectivity index (χ4v) is 2.58. The lowest BCUT2D eigenvalue weighted by atomic mass is 10.2. The lowest BCUT2D eigenvalue weighted by Crippen LogP contribution is -2.36. The van der Waals surface area contributed by atoms with Crippen LogP contribution < -0.4 is 10.6 Å². The Morgan fingerprint density at radius 2 is 2.38 bits per heavy atom. The number of rotatable bonds is 2. The number of benzene rings is 1. The zero-order chi connectivity index (χ0) is 11.7. The number of nitrogens with two attached hydrogens (primary N) is 1. The molecule has 0 saturated heterocycles. The first-order chi connectivity index (χ1) is 7.58. The fraction of sp³-hybridized carbons (Fsp3) is 0.250. The van der Waals surface area contributed by atoms with Crippen LogP contribution in [0.4, 0.5) is 11.4 Å². The Bertz CT molecular complexity index is 456. The zero-order valence-electron chi connectivity index (χ0n) is 9.19. The molecule has 3 nitrogen and oxygen atoms in total. The molecule has 0 aliphatic carbocycles. The first kappa shape index (κ1) is 11.1. The van der Waals surface area contributed by atoms with Gasteiger partial charge in [-0.25, -0.2) is 0 Å². The molecular weight excluding hydrogens is 220 g/mol. The van der Waals surface area contributed by atoms with Gasteiger partial charge in [-0.1, -0.05) is 12.2 Å². The molecule has 16 heavy (non-hydrogen) atoms. The fourth-order valence-electron chi connectivity index (χ4n) is 1.66. The molecule has 1 aromatic rings. The van der Waals surface area contributed by atoms with Gasteiger partial charge in [0.05, 0.1) is 11.4 Å². The average molecular weight is 234 g/mol. The maximum absolute atomic E-state index is 11.8. The molecule has 84 valence electrons. The van der Waals surface area contributed by atoms with Gasteiger partial charge >= 0.3 is 0 Å². The van der Waals surface area contributed by atoms with E-state index in [4.69, 9.17) is 5.73 Å². The Balaban J connectivity index is 2.42. The highest BCUT2D eigenvalue weighted by Gasteiger charge is 2.24. The molecule has 1 aromatic carbocycles. The number of nitrogens with zero attached hydrogens (tertiary/aromatic N) is 1. The van der Waals surface area contributed by atoms with Crippen molar-refractivity contribution in [1.29, 1.82) is 0 Å². The van der Waals surface area contributed by atoms with E-state index in [1.807, 2.05) is 25.1 Å². The van der Waals surface area contributed by atoms with Crippen LogP contribution in [-0.4, -0.2) is 18.2 Å². The van der Waals surface area contributed by atoms with Crippen LogP contribution in [0.2, 0.25) is 0 Å². The second kappa shape index (κ2) is 4.22. The monoisotopic (exact) mass is 234 g/mol. The summed E-state index contributed by atoms with van der Waals surface area (Å²) in [6.07, 6.45) is 0. The van der Waals surface area contributed by atoms with Crippen LogP contribution in [0.15, 0.2) is 35.2 Å². The summed E-state index contributed by atoms with van der Waals surface area (Å²) in [5, 5.41) is 0. The Morgan fingerprint density at radius 3 is 3.06 bits per heavy atom. The molecule has 4 heteroatoms. The molecule has 0 bridgehead atoms. The minimum Gasteiger partial charge on any atom is -0.399 e. The number of hydrogen-bond donors (Lipinski definition) is 1. The van der Waals surface area contributed by atoms with Crippen molar-refractivity contribution in [3.8, 4) is 0 Å². The second-order valence-electron chi connectivity index (χ2n) is 3.95. The van der Waals surface area contributed by atoms with Crippen molar-refractivity contribution in [2.24, 2.45) is 0 Å². The topological polar surface area (TPSA) is 46.3 Å². The van der Waals surface area contributed by atoms with Gasteiger partial charge in [-0.3, -0.25) is 4.79 Å². The van der Waals surface area contributed by atoms with Gasteiger partial charge in [0.2, 0.25) is 5.91 Å². The largest absolute Gasteiger partial charge is 0.399 e. The molecule has 2 N–H and O–H groups in total. The van der Waals surface area contributed by atoms with Gasteiger partial charge in [-0.15, -0.1) is 11.8 Å². The molecular formula is C12H14N2OS. The van der Waals surface area contributed by atoms with Crippen molar-refractivity contribution in [3.63, 3.8) is 0 Å². The Labute approximate surface area is 99.3 Å². The number of carbonyl (C=O) groups excluding carboxylic acids is 1. The van der Waals surface area contributed by atoms with Gasteiger partial charge in [0.25, 0.3) is 0 Å². The Morgan fingerprint density at radius 1 is 1.62 bits per heavy atom. The maximum Gasteiger partial charge on any atom is 0.237 e. The lowest BCUT2D eigenvalue weighted by molar-refractivity contribution is -0.116. The second-order valence-corrected chi connectivity index (χ2v) is 4.97. The summed E-state index contributed by atoms with van der Waals surface area (Å²) in [7, 11) is 0. The molecule has 1 aliphatic heterocycles. The summed E-state index contributed by atoms with van der Waals surface area (Å²) in [5.74, 6) is 0.607. The predicted octanol–water partition coefficient (Wildman–Crippen LogP) is 2.28. The zero-order valence-corrected chi connectivity index (χ0v) is 10.0. The van der Waals surface area contributed by atoms with Crippen LogP contribution in [0.3, 0.4) is 0 Å². The van der Waals surface area contributed by atoms with E-state index in [9.17, 15) is 4.79 Å². The Kier molecular flexibility index (Phi) is 2.92. The summed E-state index contributed by atoms with van der Waals surface area (Å²) in [6.45, 7) is 6.33. The van der Waals surface area contributed by atoms with Gasteiger partial charge in [-0.05, 0) is 25.1 Å². The maximum atomic E-state index is 11.8. The molecule has 0 radical (unpaired) electrons. The third kappa shape index (κ3) is 2.07. The van der Waals surface area contributed by atoms with Gasteiger partial charge in [-0.2, -0.15) is 0 Å². The van der Waals surface area contributed by atoms with Crippen molar-refractivity contribution in [2.45, 2.75) is 11.8 Å². The summed E-state index contributed by atoms with van der Waals surface area (Å²) in [6, 6.07) is 5.68. The molecule has 0 fully saturated rings. The molecule has 0 unspecified atom stereocenters. The van der Waals surface area contributed by atoms with Crippen molar-refractivity contribution < 1.29 is 4.79 Å². The number of nitrogen functional groups attached to an aromatic ring is 1. The number of anilines is 2. The molecule has 1 heterocycles. The predicted molar refractivity (Wildman–Crippen MR) is 68.7 cm³/mol. The third-order valence-electron chi connectivity index (χ3n) is 2.35. The Hall–Kier alpha value is -1.42. The summed E-state index contributed by atoms with van der Waals surface area (Å²) < 4.78 is 0. The van der Waals surface area contributed by atoms with Crippen molar-refractivity contribution in [2.75, 3.05) is 22.9 Å². The standard InChI is InChI=1S/C12H14N2OS/c1-8(2)6-14-10-5-9(13)3-4-11(10)16-7-12(14)15/h3-5H,1,6-7,13H2,2H3. The van der Waals surface area contributed by atoms with Gasteiger partial charge < -0.3 is 10.6 Å². The number of amides is 1. The minimum absolute atomic E-state index is 0.117. The van der Waals surface area contributed by atoms with E-state index < -0.39 is 0 Å². The minimum atomic E-state index is 0.117. The molecule has 1 aliphatic rings. The van der Waals surface area contributed by atoms with E-state index in [0.717, 1.165) is 16.2 Å². The van der Waals surface area contributed by atoms with E-state index in [1.54, 1.807) is 16.7 Å². The molecule has 0 aromatic heterocycles. The normalized spacial score (nSPS) is 14.8. The SMILES string of the molecule is C=C(C)CN1C(=O)CSc2ccc(N)cc21. The van der Waals surface area contributed by atoms with Crippen LogP contribution >= 0.6 is 11.8 Å². The van der Waals surface area contributed by atoms with E-state index in [1.165, 1.54) is 0 Å². The van der Waals surface area contributed by atoms with E-state index >= 15 is 0 Å². The van der Waals surface area contributed by atoms with Crippen LogP contribution in [0, 0.1) is 0 Å². The van der Waals surface area contributed by atoms with Crippen LogP contribution in [0.5, 0.6) is 0 Å². The van der Waals surface area contributed by atoms with Gasteiger partial charge in [0.1, 0.15) is 0 Å². The summed E-state index contributed by atoms with van der Waals surface area (Å²) >= 11 is 1.56. The quantitative estimate of drug-likeness (QED) is 0.631. The summed E-state index contributed by atoms with van der Waals surface area (Å²) in [5.41, 5.74) is 8.30. The molecule has 0 spiro atoms. The molecule has 0 atom stereocenters.